The van der Waals surface area contributed by atoms with E-state index in [9.17, 15) is 9.59 Å². The van der Waals surface area contributed by atoms with Gasteiger partial charge in [-0.2, -0.15) is 0 Å². The molecule has 0 saturated carbocycles. The fourth-order valence-electron chi connectivity index (χ4n) is 2.98. The molecule has 27 heavy (non-hydrogen) atoms. The van der Waals surface area contributed by atoms with E-state index in [4.69, 9.17) is 9.57 Å². The number of benzene rings is 1. The number of amides is 2. The van der Waals surface area contributed by atoms with Gasteiger partial charge in [-0.15, -0.1) is 11.3 Å². The smallest absolute Gasteiger partial charge is 0.291 e. The van der Waals surface area contributed by atoms with Crippen LogP contribution < -0.4 is 4.74 Å². The van der Waals surface area contributed by atoms with Crippen molar-refractivity contribution in [3.63, 3.8) is 0 Å². The van der Waals surface area contributed by atoms with Gasteiger partial charge < -0.3 is 9.64 Å². The van der Waals surface area contributed by atoms with Gasteiger partial charge in [0.2, 0.25) is 0 Å². The van der Waals surface area contributed by atoms with Crippen LogP contribution in [0.15, 0.2) is 36.4 Å². The van der Waals surface area contributed by atoms with Gasteiger partial charge in [0.05, 0.1) is 7.11 Å². The topological polar surface area (TPSA) is 59.1 Å². The molecule has 0 radical (unpaired) electrons. The predicted molar refractivity (Wildman–Crippen MR) is 105 cm³/mol. The molecule has 6 nitrogen and oxygen atoms in total. The van der Waals surface area contributed by atoms with E-state index in [2.05, 4.69) is 0 Å². The van der Waals surface area contributed by atoms with Crippen molar-refractivity contribution in [2.45, 2.75) is 19.3 Å². The molecular formula is C20H24N2O4S. The van der Waals surface area contributed by atoms with Crippen LogP contribution in [0.4, 0.5) is 0 Å². The Bertz CT molecular complexity index is 785. The monoisotopic (exact) mass is 388 g/mol. The highest BCUT2D eigenvalue weighted by Gasteiger charge is 2.23. The molecule has 1 aliphatic heterocycles. The third kappa shape index (κ3) is 4.67. The van der Waals surface area contributed by atoms with E-state index in [-0.39, 0.29) is 18.4 Å². The van der Waals surface area contributed by atoms with E-state index in [1.54, 1.807) is 7.05 Å². The lowest BCUT2D eigenvalue weighted by Gasteiger charge is -2.26. The quantitative estimate of drug-likeness (QED) is 0.712. The molecule has 1 aliphatic rings. The minimum atomic E-state index is -0.301. The molecule has 3 rings (SSSR count). The predicted octanol–water partition coefficient (Wildman–Crippen LogP) is 3.44. The van der Waals surface area contributed by atoms with E-state index in [0.29, 0.717) is 10.6 Å². The van der Waals surface area contributed by atoms with Crippen LogP contribution in [0.2, 0.25) is 0 Å². The number of likely N-dealkylation sites (tertiary alicyclic amines) is 1. The number of hydrogen-bond acceptors (Lipinski definition) is 5. The minimum Gasteiger partial charge on any atom is -0.482 e. The molecule has 0 bridgehead atoms. The summed E-state index contributed by atoms with van der Waals surface area (Å²) in [6, 6.07) is 11.6. The molecule has 1 aromatic carbocycles. The van der Waals surface area contributed by atoms with Crippen molar-refractivity contribution in [3.8, 4) is 16.2 Å². The Morgan fingerprint density at radius 2 is 1.85 bits per heavy atom. The van der Waals surface area contributed by atoms with Crippen molar-refractivity contribution in [1.29, 1.82) is 0 Å². The summed E-state index contributed by atoms with van der Waals surface area (Å²) in [6.07, 6.45) is 3.23. The zero-order valence-electron chi connectivity index (χ0n) is 15.6. The summed E-state index contributed by atoms with van der Waals surface area (Å²) in [5, 5.41) is 1.15. The van der Waals surface area contributed by atoms with Crippen LogP contribution in [-0.2, 0) is 9.63 Å². The Hall–Kier alpha value is -2.38. The van der Waals surface area contributed by atoms with Crippen molar-refractivity contribution in [2.75, 3.05) is 33.9 Å². The maximum absolute atomic E-state index is 12.6. The summed E-state index contributed by atoms with van der Waals surface area (Å²) >= 11 is 1.33. The van der Waals surface area contributed by atoms with Crippen LogP contribution in [0.3, 0.4) is 0 Å². The Balaban J connectivity index is 1.80. The van der Waals surface area contributed by atoms with E-state index in [1.807, 2.05) is 41.3 Å². The van der Waals surface area contributed by atoms with Gasteiger partial charge in [-0.3, -0.25) is 14.4 Å². The third-order valence-electron chi connectivity index (χ3n) is 4.57. The highest BCUT2D eigenvalue weighted by molar-refractivity contribution is 7.17. The van der Waals surface area contributed by atoms with Crippen molar-refractivity contribution < 1.29 is 19.2 Å². The van der Waals surface area contributed by atoms with Crippen LogP contribution in [0.5, 0.6) is 5.75 Å². The number of nitrogens with zero attached hydrogens (tertiary/aromatic N) is 2. The molecular weight excluding hydrogens is 364 g/mol. The number of hydroxylamine groups is 2. The van der Waals surface area contributed by atoms with Crippen LogP contribution in [0, 0.1) is 0 Å². The Morgan fingerprint density at radius 3 is 2.52 bits per heavy atom. The molecule has 0 N–H and O–H groups in total. The number of hydrogen-bond donors (Lipinski definition) is 0. The summed E-state index contributed by atoms with van der Waals surface area (Å²) in [6.45, 7) is 1.49. The molecule has 0 spiro atoms. The summed E-state index contributed by atoms with van der Waals surface area (Å²) in [7, 11) is 2.98. The van der Waals surface area contributed by atoms with Crippen molar-refractivity contribution in [2.24, 2.45) is 0 Å². The second-order valence-corrected chi connectivity index (χ2v) is 7.44. The van der Waals surface area contributed by atoms with Crippen LogP contribution in [-0.4, -0.2) is 55.6 Å². The number of thiophene rings is 1. The molecule has 144 valence electrons. The second kappa shape index (κ2) is 9.01. The van der Waals surface area contributed by atoms with Crippen molar-refractivity contribution in [3.05, 3.63) is 41.3 Å². The maximum Gasteiger partial charge on any atom is 0.291 e. The van der Waals surface area contributed by atoms with Crippen molar-refractivity contribution in [1.82, 2.24) is 9.96 Å². The first kappa shape index (κ1) is 19.4. The first-order chi connectivity index (χ1) is 13.1. The van der Waals surface area contributed by atoms with Gasteiger partial charge in [-0.25, -0.2) is 5.06 Å². The zero-order chi connectivity index (χ0) is 19.2. The molecule has 2 aromatic rings. The normalized spacial score (nSPS) is 14.1. The SMILES string of the molecule is CON(C)C(=O)c1sc(-c2ccccc2)cc1OCC(=O)N1CCCCC1. The maximum atomic E-state index is 12.6. The zero-order valence-corrected chi connectivity index (χ0v) is 16.5. The van der Waals surface area contributed by atoms with Gasteiger partial charge in [-0.1, -0.05) is 30.3 Å². The molecule has 2 amide bonds. The Labute approximate surface area is 163 Å². The van der Waals surface area contributed by atoms with E-state index in [1.165, 1.54) is 18.4 Å². The van der Waals surface area contributed by atoms with Gasteiger partial charge >= 0.3 is 0 Å². The standard InChI is InChI=1S/C20H24N2O4S/c1-21(25-2)20(24)19-16(13-17(27-19)15-9-5-3-6-10-15)26-14-18(23)22-11-7-4-8-12-22/h3,5-6,9-10,13H,4,7-8,11-12,14H2,1-2H3. The molecule has 1 aromatic heterocycles. The molecule has 7 heteroatoms. The number of piperidine rings is 1. The minimum absolute atomic E-state index is 0.0411. The van der Waals surface area contributed by atoms with Gasteiger partial charge in [0.15, 0.2) is 6.61 Å². The molecule has 2 heterocycles. The summed E-state index contributed by atoms with van der Waals surface area (Å²) in [5.74, 6) is 0.0730. The molecule has 0 unspecified atom stereocenters. The van der Waals surface area contributed by atoms with Gasteiger partial charge in [0.25, 0.3) is 11.8 Å². The Morgan fingerprint density at radius 1 is 1.15 bits per heavy atom. The van der Waals surface area contributed by atoms with Gasteiger partial charge in [-0.05, 0) is 30.9 Å². The van der Waals surface area contributed by atoms with E-state index >= 15 is 0 Å². The summed E-state index contributed by atoms with van der Waals surface area (Å²) in [5.41, 5.74) is 0.994. The second-order valence-electron chi connectivity index (χ2n) is 6.39. The van der Waals surface area contributed by atoms with E-state index < -0.39 is 0 Å². The van der Waals surface area contributed by atoms with Gasteiger partial charge in [0.1, 0.15) is 10.6 Å². The third-order valence-corrected chi connectivity index (χ3v) is 5.72. The number of ether oxygens (including phenoxy) is 1. The first-order valence-corrected chi connectivity index (χ1v) is 9.84. The van der Waals surface area contributed by atoms with Crippen LogP contribution in [0.1, 0.15) is 28.9 Å². The fraction of sp³-hybridized carbons (Fsp3) is 0.400. The molecule has 1 fully saturated rings. The average Bonchev–Trinajstić information content (AvgIpc) is 3.16. The van der Waals surface area contributed by atoms with Crippen LogP contribution >= 0.6 is 11.3 Å². The highest BCUT2D eigenvalue weighted by Crippen LogP contribution is 2.37. The number of carbonyl (C=O) groups is 2. The number of rotatable bonds is 6. The van der Waals surface area contributed by atoms with Crippen LogP contribution in [0.25, 0.3) is 10.4 Å². The number of carbonyl (C=O) groups excluding carboxylic acids is 2. The lowest BCUT2D eigenvalue weighted by molar-refractivity contribution is -0.134. The van der Waals surface area contributed by atoms with Crippen molar-refractivity contribution >= 4 is 23.2 Å². The average molecular weight is 388 g/mol. The first-order valence-electron chi connectivity index (χ1n) is 9.02. The van der Waals surface area contributed by atoms with Gasteiger partial charge in [0, 0.05) is 25.0 Å². The lowest BCUT2D eigenvalue weighted by Crippen LogP contribution is -2.38. The largest absolute Gasteiger partial charge is 0.482 e. The highest BCUT2D eigenvalue weighted by atomic mass is 32.1. The Kier molecular flexibility index (Phi) is 6.47. The van der Waals surface area contributed by atoms with E-state index in [0.717, 1.165) is 47.9 Å². The molecule has 0 atom stereocenters. The molecule has 0 aliphatic carbocycles. The summed E-state index contributed by atoms with van der Waals surface area (Å²) < 4.78 is 5.79. The summed E-state index contributed by atoms with van der Waals surface area (Å²) in [4.78, 5) is 33.2. The molecule has 1 saturated heterocycles. The lowest BCUT2D eigenvalue weighted by atomic mass is 10.1. The fourth-order valence-corrected chi connectivity index (χ4v) is 4.05.